The third-order valence-corrected chi connectivity index (χ3v) is 5.07. The predicted octanol–water partition coefficient (Wildman–Crippen LogP) is 1.88. The van der Waals surface area contributed by atoms with E-state index in [4.69, 9.17) is 0 Å². The standard InChI is InChI=1S/C12H12N4O2S2/c1-7-14-15-9(20-7)6-16-10(17)12(2,13-11(16)18)8-4-3-5-19-8/h3-5H,6H2,1-2H3,(H,13,18). The lowest BCUT2D eigenvalue weighted by molar-refractivity contribution is -0.131. The number of hydrogen-bond donors (Lipinski definition) is 1. The molecule has 0 aliphatic carbocycles. The predicted molar refractivity (Wildman–Crippen MR) is 75.4 cm³/mol. The molecule has 1 saturated heterocycles. The van der Waals surface area contributed by atoms with Crippen molar-refractivity contribution in [2.45, 2.75) is 25.9 Å². The van der Waals surface area contributed by atoms with Crippen LogP contribution in [-0.2, 0) is 16.9 Å². The zero-order valence-corrected chi connectivity index (χ0v) is 12.5. The van der Waals surface area contributed by atoms with E-state index >= 15 is 0 Å². The van der Waals surface area contributed by atoms with Crippen LogP contribution in [0.15, 0.2) is 17.5 Å². The normalized spacial score (nSPS) is 22.4. The van der Waals surface area contributed by atoms with E-state index in [2.05, 4.69) is 15.5 Å². The molecule has 20 heavy (non-hydrogen) atoms. The summed E-state index contributed by atoms with van der Waals surface area (Å²) in [5, 5.41) is 14.0. The largest absolute Gasteiger partial charge is 0.325 e. The second-order valence-electron chi connectivity index (χ2n) is 4.64. The third-order valence-electron chi connectivity index (χ3n) is 3.15. The first kappa shape index (κ1) is 13.2. The SMILES string of the molecule is Cc1nnc(CN2C(=O)NC(C)(c3cccs3)C2=O)s1. The van der Waals surface area contributed by atoms with E-state index < -0.39 is 11.6 Å². The smallest absolute Gasteiger partial charge is 0.319 e. The molecular formula is C12H12N4O2S2. The molecule has 0 radical (unpaired) electrons. The number of thiophene rings is 1. The van der Waals surface area contributed by atoms with E-state index in [9.17, 15) is 9.59 Å². The van der Waals surface area contributed by atoms with Crippen molar-refractivity contribution < 1.29 is 9.59 Å². The topological polar surface area (TPSA) is 75.2 Å². The lowest BCUT2D eigenvalue weighted by Gasteiger charge is -2.19. The second kappa shape index (κ2) is 4.64. The molecule has 2 aromatic heterocycles. The fraction of sp³-hybridized carbons (Fsp3) is 0.333. The Morgan fingerprint density at radius 1 is 1.40 bits per heavy atom. The van der Waals surface area contributed by atoms with Crippen molar-refractivity contribution in [3.63, 3.8) is 0 Å². The summed E-state index contributed by atoms with van der Waals surface area (Å²) >= 11 is 2.83. The molecule has 1 N–H and O–H groups in total. The number of nitrogens with one attached hydrogen (secondary N) is 1. The van der Waals surface area contributed by atoms with Gasteiger partial charge in [-0.15, -0.1) is 21.5 Å². The number of hydrogen-bond acceptors (Lipinski definition) is 6. The Morgan fingerprint density at radius 3 is 2.80 bits per heavy atom. The number of carbonyl (C=O) groups excluding carboxylic acids is 2. The molecule has 0 saturated carbocycles. The van der Waals surface area contributed by atoms with Gasteiger partial charge in [0.05, 0.1) is 6.54 Å². The second-order valence-corrected chi connectivity index (χ2v) is 6.85. The van der Waals surface area contributed by atoms with Gasteiger partial charge in [0.15, 0.2) is 5.54 Å². The molecule has 1 unspecified atom stereocenters. The van der Waals surface area contributed by atoms with Crippen LogP contribution in [0.3, 0.4) is 0 Å². The lowest BCUT2D eigenvalue weighted by atomic mass is 10.0. The van der Waals surface area contributed by atoms with Crippen LogP contribution in [0.2, 0.25) is 0 Å². The summed E-state index contributed by atoms with van der Waals surface area (Å²) in [6, 6.07) is 3.32. The molecule has 1 atom stereocenters. The van der Waals surface area contributed by atoms with Gasteiger partial charge >= 0.3 is 6.03 Å². The van der Waals surface area contributed by atoms with E-state index in [0.717, 1.165) is 9.88 Å². The van der Waals surface area contributed by atoms with Gasteiger partial charge in [-0.05, 0) is 25.3 Å². The molecule has 0 bridgehead atoms. The van der Waals surface area contributed by atoms with Gasteiger partial charge in [0.2, 0.25) is 0 Å². The minimum Gasteiger partial charge on any atom is -0.319 e. The Hall–Kier alpha value is -1.80. The van der Waals surface area contributed by atoms with Gasteiger partial charge in [-0.3, -0.25) is 9.69 Å². The molecule has 104 valence electrons. The Kier molecular flexibility index (Phi) is 3.06. The van der Waals surface area contributed by atoms with Crippen molar-refractivity contribution in [1.29, 1.82) is 0 Å². The maximum absolute atomic E-state index is 12.6. The Labute approximate surface area is 123 Å². The minimum atomic E-state index is -0.981. The molecule has 3 heterocycles. The molecule has 3 amide bonds. The first-order valence-electron chi connectivity index (χ1n) is 5.98. The van der Waals surface area contributed by atoms with E-state index in [1.54, 1.807) is 6.92 Å². The summed E-state index contributed by atoms with van der Waals surface area (Å²) in [6.07, 6.45) is 0. The number of imide groups is 1. The zero-order valence-electron chi connectivity index (χ0n) is 10.9. The molecule has 1 aliphatic rings. The van der Waals surface area contributed by atoms with Crippen LogP contribution in [0, 0.1) is 6.92 Å². The van der Waals surface area contributed by atoms with Gasteiger partial charge in [0.25, 0.3) is 5.91 Å². The maximum atomic E-state index is 12.6. The number of nitrogens with zero attached hydrogens (tertiary/aromatic N) is 3. The molecule has 1 aliphatic heterocycles. The van der Waals surface area contributed by atoms with Crippen LogP contribution in [-0.4, -0.2) is 27.0 Å². The quantitative estimate of drug-likeness (QED) is 0.878. The van der Waals surface area contributed by atoms with Crippen LogP contribution in [0.1, 0.15) is 21.8 Å². The number of aromatic nitrogens is 2. The van der Waals surface area contributed by atoms with Crippen molar-refractivity contribution in [3.8, 4) is 0 Å². The van der Waals surface area contributed by atoms with Crippen LogP contribution in [0.25, 0.3) is 0 Å². The lowest BCUT2D eigenvalue weighted by Crippen LogP contribution is -2.40. The van der Waals surface area contributed by atoms with Crippen molar-refractivity contribution in [1.82, 2.24) is 20.4 Å². The number of carbonyl (C=O) groups is 2. The molecular weight excluding hydrogens is 296 g/mol. The highest BCUT2D eigenvalue weighted by Crippen LogP contribution is 2.32. The summed E-state index contributed by atoms with van der Waals surface area (Å²) in [7, 11) is 0. The van der Waals surface area contributed by atoms with Crippen LogP contribution >= 0.6 is 22.7 Å². The summed E-state index contributed by atoms with van der Waals surface area (Å²) in [5.41, 5.74) is -0.981. The average Bonchev–Trinajstić information content (AvgIpc) is 3.09. The molecule has 0 spiro atoms. The maximum Gasteiger partial charge on any atom is 0.325 e. The van der Waals surface area contributed by atoms with Crippen molar-refractivity contribution in [2.24, 2.45) is 0 Å². The first-order valence-corrected chi connectivity index (χ1v) is 7.67. The highest BCUT2D eigenvalue weighted by Gasteiger charge is 2.49. The van der Waals surface area contributed by atoms with E-state index in [0.29, 0.717) is 5.01 Å². The first-order chi connectivity index (χ1) is 9.50. The summed E-state index contributed by atoms with van der Waals surface area (Å²) in [6.45, 7) is 3.73. The van der Waals surface area contributed by atoms with E-state index in [1.807, 2.05) is 24.4 Å². The molecule has 6 nitrogen and oxygen atoms in total. The fourth-order valence-electron chi connectivity index (χ4n) is 2.11. The average molecular weight is 308 g/mol. The number of rotatable bonds is 3. The molecule has 1 fully saturated rings. The highest BCUT2D eigenvalue weighted by molar-refractivity contribution is 7.11. The van der Waals surface area contributed by atoms with Crippen LogP contribution in [0.5, 0.6) is 0 Å². The van der Waals surface area contributed by atoms with Gasteiger partial charge in [-0.1, -0.05) is 17.4 Å². The van der Waals surface area contributed by atoms with E-state index in [1.165, 1.54) is 27.6 Å². The Morgan fingerprint density at radius 2 is 2.20 bits per heavy atom. The van der Waals surface area contributed by atoms with E-state index in [-0.39, 0.29) is 12.5 Å². The van der Waals surface area contributed by atoms with Gasteiger partial charge in [-0.2, -0.15) is 0 Å². The van der Waals surface area contributed by atoms with Crippen molar-refractivity contribution in [3.05, 3.63) is 32.4 Å². The fourth-order valence-corrected chi connectivity index (χ4v) is 3.64. The molecule has 0 aromatic carbocycles. The van der Waals surface area contributed by atoms with Gasteiger partial charge < -0.3 is 5.32 Å². The van der Waals surface area contributed by atoms with Crippen LogP contribution < -0.4 is 5.32 Å². The third kappa shape index (κ3) is 2.01. The zero-order chi connectivity index (χ0) is 14.3. The van der Waals surface area contributed by atoms with Gasteiger partial charge in [-0.25, -0.2) is 4.79 Å². The Balaban J connectivity index is 1.87. The van der Waals surface area contributed by atoms with Gasteiger partial charge in [0, 0.05) is 4.88 Å². The van der Waals surface area contributed by atoms with Gasteiger partial charge in [0.1, 0.15) is 10.0 Å². The highest BCUT2D eigenvalue weighted by atomic mass is 32.1. The summed E-state index contributed by atoms with van der Waals surface area (Å²) in [5.74, 6) is -0.252. The summed E-state index contributed by atoms with van der Waals surface area (Å²) in [4.78, 5) is 26.6. The molecule has 3 rings (SSSR count). The van der Waals surface area contributed by atoms with Crippen LogP contribution in [0.4, 0.5) is 4.79 Å². The molecule has 8 heteroatoms. The number of urea groups is 1. The monoisotopic (exact) mass is 308 g/mol. The number of amides is 3. The molecule has 2 aromatic rings. The Bertz CT molecular complexity index is 667. The van der Waals surface area contributed by atoms with Crippen molar-refractivity contribution >= 4 is 34.6 Å². The number of aryl methyl sites for hydroxylation is 1. The minimum absolute atomic E-state index is 0.164. The van der Waals surface area contributed by atoms with Crippen molar-refractivity contribution in [2.75, 3.05) is 0 Å². The summed E-state index contributed by atoms with van der Waals surface area (Å²) < 4.78 is 0.